The number of hydrogen-bond acceptors (Lipinski definition) is 3. The maximum atomic E-state index is 13.4. The van der Waals surface area contributed by atoms with Crippen molar-refractivity contribution in [3.63, 3.8) is 0 Å². The average molecular weight is 287 g/mol. The highest BCUT2D eigenvalue weighted by molar-refractivity contribution is 7.89. The summed E-state index contributed by atoms with van der Waals surface area (Å²) in [5.74, 6) is -0.590. The second kappa shape index (κ2) is 5.56. The highest BCUT2D eigenvalue weighted by Crippen LogP contribution is 2.25. The summed E-state index contributed by atoms with van der Waals surface area (Å²) in [5.41, 5.74) is 0.113. The van der Waals surface area contributed by atoms with Crippen LogP contribution >= 0.6 is 0 Å². The van der Waals surface area contributed by atoms with Crippen molar-refractivity contribution in [3.05, 3.63) is 29.6 Å². The Balaban J connectivity index is 2.12. The van der Waals surface area contributed by atoms with Crippen molar-refractivity contribution < 1.29 is 17.9 Å². The molecule has 1 aliphatic carbocycles. The first kappa shape index (κ1) is 14.4. The zero-order valence-corrected chi connectivity index (χ0v) is 11.6. The molecule has 1 aliphatic rings. The number of halogens is 1. The number of hydrogen-bond donors (Lipinski definition) is 2. The molecule has 2 unspecified atom stereocenters. The van der Waals surface area contributed by atoms with Gasteiger partial charge in [-0.2, -0.15) is 0 Å². The minimum absolute atomic E-state index is 0.0417. The van der Waals surface area contributed by atoms with Crippen molar-refractivity contribution in [2.45, 2.75) is 37.2 Å². The molecule has 0 heterocycles. The van der Waals surface area contributed by atoms with E-state index in [2.05, 4.69) is 4.72 Å². The topological polar surface area (TPSA) is 66.4 Å². The molecule has 0 aromatic heterocycles. The fraction of sp³-hybridized carbons (Fsp3) is 0.538. The Hall–Kier alpha value is -0.980. The molecule has 0 saturated heterocycles. The van der Waals surface area contributed by atoms with Crippen LogP contribution in [0, 0.1) is 18.7 Å². The van der Waals surface area contributed by atoms with Gasteiger partial charge >= 0.3 is 0 Å². The molecule has 0 amide bonds. The van der Waals surface area contributed by atoms with Gasteiger partial charge in [-0.1, -0.05) is 12.5 Å². The zero-order chi connectivity index (χ0) is 14.0. The highest BCUT2D eigenvalue weighted by atomic mass is 32.2. The SMILES string of the molecule is Cc1c(F)cccc1S(=O)(=O)NCC1CCCC1O. The van der Waals surface area contributed by atoms with Crippen molar-refractivity contribution in [1.29, 1.82) is 0 Å². The summed E-state index contributed by atoms with van der Waals surface area (Å²) in [5, 5.41) is 9.66. The number of nitrogens with one attached hydrogen (secondary N) is 1. The van der Waals surface area contributed by atoms with E-state index in [1.54, 1.807) is 0 Å². The Kier molecular flexibility index (Phi) is 4.23. The van der Waals surface area contributed by atoms with Gasteiger partial charge in [-0.05, 0) is 37.8 Å². The quantitative estimate of drug-likeness (QED) is 0.883. The van der Waals surface area contributed by atoms with E-state index >= 15 is 0 Å². The van der Waals surface area contributed by atoms with Crippen LogP contribution in [0.2, 0.25) is 0 Å². The Bertz CT molecular complexity index is 559. The molecule has 1 aromatic rings. The van der Waals surface area contributed by atoms with Gasteiger partial charge in [0.05, 0.1) is 11.0 Å². The van der Waals surface area contributed by atoms with E-state index in [0.717, 1.165) is 12.8 Å². The van der Waals surface area contributed by atoms with Crippen LogP contribution < -0.4 is 4.72 Å². The van der Waals surface area contributed by atoms with Gasteiger partial charge < -0.3 is 5.11 Å². The minimum atomic E-state index is -3.73. The Morgan fingerprint density at radius 1 is 1.42 bits per heavy atom. The molecule has 2 atom stereocenters. The number of rotatable bonds is 4. The maximum Gasteiger partial charge on any atom is 0.240 e. The number of aliphatic hydroxyl groups excluding tert-OH is 1. The first-order valence-electron chi connectivity index (χ1n) is 6.34. The van der Waals surface area contributed by atoms with Gasteiger partial charge in [-0.3, -0.25) is 0 Å². The van der Waals surface area contributed by atoms with Gasteiger partial charge in [0.15, 0.2) is 0 Å². The fourth-order valence-electron chi connectivity index (χ4n) is 2.43. The van der Waals surface area contributed by atoms with Gasteiger partial charge in [0.2, 0.25) is 10.0 Å². The van der Waals surface area contributed by atoms with Gasteiger partial charge in [0, 0.05) is 12.1 Å². The number of benzene rings is 1. The highest BCUT2D eigenvalue weighted by Gasteiger charge is 2.27. The lowest BCUT2D eigenvalue weighted by atomic mass is 10.1. The summed E-state index contributed by atoms with van der Waals surface area (Å²) in [6, 6.07) is 3.99. The van der Waals surface area contributed by atoms with Crippen molar-refractivity contribution in [1.82, 2.24) is 4.72 Å². The predicted molar refractivity (Wildman–Crippen MR) is 69.7 cm³/mol. The Morgan fingerprint density at radius 3 is 2.79 bits per heavy atom. The molecule has 1 fully saturated rings. The molecule has 0 spiro atoms. The van der Waals surface area contributed by atoms with Crippen LogP contribution in [-0.4, -0.2) is 26.2 Å². The third-order valence-electron chi connectivity index (χ3n) is 3.66. The van der Waals surface area contributed by atoms with Crippen molar-refractivity contribution in [2.75, 3.05) is 6.54 Å². The minimum Gasteiger partial charge on any atom is -0.393 e. The lowest BCUT2D eigenvalue weighted by molar-refractivity contribution is 0.134. The van der Waals surface area contributed by atoms with Crippen LogP contribution in [0.25, 0.3) is 0 Å². The molecule has 19 heavy (non-hydrogen) atoms. The van der Waals surface area contributed by atoms with E-state index in [1.807, 2.05) is 0 Å². The lowest BCUT2D eigenvalue weighted by Gasteiger charge is -2.16. The molecule has 0 radical (unpaired) electrons. The average Bonchev–Trinajstić information content (AvgIpc) is 2.76. The second-order valence-electron chi connectivity index (χ2n) is 4.97. The maximum absolute atomic E-state index is 13.4. The summed E-state index contributed by atoms with van der Waals surface area (Å²) in [4.78, 5) is -0.0417. The molecule has 2 rings (SSSR count). The van der Waals surface area contributed by atoms with Crippen LogP contribution in [0.4, 0.5) is 4.39 Å². The van der Waals surface area contributed by atoms with E-state index in [1.165, 1.54) is 25.1 Å². The van der Waals surface area contributed by atoms with E-state index in [-0.39, 0.29) is 22.9 Å². The van der Waals surface area contributed by atoms with E-state index in [4.69, 9.17) is 0 Å². The Labute approximate surface area is 112 Å². The summed E-state index contributed by atoms with van der Waals surface area (Å²) in [6.45, 7) is 1.63. The van der Waals surface area contributed by atoms with Gasteiger partial charge in [-0.25, -0.2) is 17.5 Å². The fourth-order valence-corrected chi connectivity index (χ4v) is 3.78. The van der Waals surface area contributed by atoms with E-state index in [0.29, 0.717) is 6.42 Å². The molecular weight excluding hydrogens is 269 g/mol. The summed E-state index contributed by atoms with van der Waals surface area (Å²) >= 11 is 0. The monoisotopic (exact) mass is 287 g/mol. The summed E-state index contributed by atoms with van der Waals surface area (Å²) in [7, 11) is -3.73. The van der Waals surface area contributed by atoms with Gasteiger partial charge in [-0.15, -0.1) is 0 Å². The van der Waals surface area contributed by atoms with Crippen LogP contribution in [0.15, 0.2) is 23.1 Å². The van der Waals surface area contributed by atoms with Crippen molar-refractivity contribution in [3.8, 4) is 0 Å². The lowest BCUT2D eigenvalue weighted by Crippen LogP contribution is -2.32. The van der Waals surface area contributed by atoms with E-state index < -0.39 is 21.9 Å². The smallest absolute Gasteiger partial charge is 0.240 e. The van der Waals surface area contributed by atoms with Gasteiger partial charge in [0.1, 0.15) is 5.82 Å². The molecule has 106 valence electrons. The normalized spacial score (nSPS) is 23.7. The summed E-state index contributed by atoms with van der Waals surface area (Å²) in [6.07, 6.45) is 1.99. The molecule has 1 saturated carbocycles. The molecule has 0 aliphatic heterocycles. The van der Waals surface area contributed by atoms with Gasteiger partial charge in [0.25, 0.3) is 0 Å². The summed E-state index contributed by atoms with van der Waals surface area (Å²) < 4.78 is 40.1. The van der Waals surface area contributed by atoms with Crippen molar-refractivity contribution in [2.24, 2.45) is 5.92 Å². The third kappa shape index (κ3) is 3.13. The van der Waals surface area contributed by atoms with Crippen LogP contribution in [-0.2, 0) is 10.0 Å². The van der Waals surface area contributed by atoms with Crippen LogP contribution in [0.1, 0.15) is 24.8 Å². The molecule has 1 aromatic carbocycles. The second-order valence-corrected chi connectivity index (χ2v) is 6.71. The standard InChI is InChI=1S/C13H18FNO3S/c1-9-11(14)5-3-7-13(9)19(17,18)15-8-10-4-2-6-12(10)16/h3,5,7,10,12,15-16H,2,4,6,8H2,1H3. The number of aliphatic hydroxyl groups is 1. The van der Waals surface area contributed by atoms with Crippen molar-refractivity contribution >= 4 is 10.0 Å². The molecule has 6 heteroatoms. The number of sulfonamides is 1. The molecule has 0 bridgehead atoms. The van der Waals surface area contributed by atoms with Crippen LogP contribution in [0.3, 0.4) is 0 Å². The van der Waals surface area contributed by atoms with Crippen LogP contribution in [0.5, 0.6) is 0 Å². The largest absolute Gasteiger partial charge is 0.393 e. The Morgan fingerprint density at radius 2 is 2.16 bits per heavy atom. The molecule has 2 N–H and O–H groups in total. The third-order valence-corrected chi connectivity index (χ3v) is 5.23. The molecular formula is C13H18FNO3S. The zero-order valence-electron chi connectivity index (χ0n) is 10.8. The predicted octanol–water partition coefficient (Wildman–Crippen LogP) is 1.57. The first-order chi connectivity index (χ1) is 8.92. The first-order valence-corrected chi connectivity index (χ1v) is 7.83. The van der Waals surface area contributed by atoms with E-state index in [9.17, 15) is 17.9 Å². The molecule has 4 nitrogen and oxygen atoms in total.